The van der Waals surface area contributed by atoms with E-state index in [1.807, 2.05) is 48.7 Å². The van der Waals surface area contributed by atoms with Gasteiger partial charge in [-0.1, -0.05) is 40.8 Å². The summed E-state index contributed by atoms with van der Waals surface area (Å²) in [5, 5.41) is 18.4. The lowest BCUT2D eigenvalue weighted by Crippen LogP contribution is -2.38. The van der Waals surface area contributed by atoms with E-state index < -0.39 is 0 Å². The van der Waals surface area contributed by atoms with E-state index in [1.165, 1.54) is 11.3 Å². The van der Waals surface area contributed by atoms with Gasteiger partial charge in [0.05, 0.1) is 4.88 Å². The average Bonchev–Trinajstić information content (AvgIpc) is 3.61. The molecule has 168 valence electrons. The van der Waals surface area contributed by atoms with E-state index in [0.29, 0.717) is 29.6 Å². The number of piperidine rings is 1. The third-order valence-corrected chi connectivity index (χ3v) is 7.62. The molecule has 0 aliphatic carbocycles. The molecule has 1 N–H and O–H groups in total. The van der Waals surface area contributed by atoms with Crippen molar-refractivity contribution in [3.05, 3.63) is 69.1 Å². The van der Waals surface area contributed by atoms with E-state index >= 15 is 0 Å². The van der Waals surface area contributed by atoms with Crippen LogP contribution >= 0.6 is 22.7 Å². The van der Waals surface area contributed by atoms with Crippen LogP contribution in [-0.4, -0.2) is 45.2 Å². The number of nitrogens with zero attached hydrogens (tertiary/aromatic N) is 4. The van der Waals surface area contributed by atoms with Crippen LogP contribution in [0, 0.1) is 6.92 Å². The second-order valence-electron chi connectivity index (χ2n) is 7.83. The number of carbonyl (C=O) groups excluding carboxylic acids is 2. The Kier molecular flexibility index (Phi) is 6.01. The molecule has 0 unspecified atom stereocenters. The van der Waals surface area contributed by atoms with Crippen molar-refractivity contribution < 1.29 is 14.1 Å². The molecule has 0 atom stereocenters. The summed E-state index contributed by atoms with van der Waals surface area (Å²) in [4.78, 5) is 28.2. The first-order valence-corrected chi connectivity index (χ1v) is 12.3. The number of anilines is 1. The second kappa shape index (κ2) is 9.24. The fourth-order valence-corrected chi connectivity index (χ4v) is 5.36. The molecule has 1 aliphatic heterocycles. The zero-order valence-corrected chi connectivity index (χ0v) is 19.5. The summed E-state index contributed by atoms with van der Waals surface area (Å²) in [6, 6.07) is 13.2. The number of aromatic nitrogens is 3. The summed E-state index contributed by atoms with van der Waals surface area (Å²) in [6.45, 7) is 3.13. The van der Waals surface area contributed by atoms with Gasteiger partial charge in [-0.3, -0.25) is 9.59 Å². The molecule has 5 rings (SSSR count). The van der Waals surface area contributed by atoms with Crippen molar-refractivity contribution in [1.29, 1.82) is 0 Å². The van der Waals surface area contributed by atoms with E-state index in [-0.39, 0.29) is 17.7 Å². The van der Waals surface area contributed by atoms with Gasteiger partial charge in [-0.15, -0.1) is 21.5 Å². The largest absolute Gasteiger partial charge is 0.355 e. The van der Waals surface area contributed by atoms with Crippen molar-refractivity contribution in [2.24, 2.45) is 0 Å². The SMILES string of the molecule is Cc1ccccc1NC(=O)c1nnc(C2CCN(C(=O)c3cc(-c4cccs4)on3)CC2)s1. The van der Waals surface area contributed by atoms with Gasteiger partial charge in [0.2, 0.25) is 5.01 Å². The van der Waals surface area contributed by atoms with Crippen LogP contribution in [0.3, 0.4) is 0 Å². The number of hydrogen-bond acceptors (Lipinski definition) is 8. The minimum atomic E-state index is -0.256. The zero-order chi connectivity index (χ0) is 22.8. The standard InChI is InChI=1S/C23H21N5O3S2/c1-14-5-2-3-6-16(14)24-20(29)22-26-25-21(33-22)15-8-10-28(11-9-15)23(30)17-13-18(31-27-17)19-7-4-12-32-19/h2-7,12-13,15H,8-11H2,1H3,(H,24,29). The number of carbonyl (C=O) groups is 2. The monoisotopic (exact) mass is 479 g/mol. The lowest BCUT2D eigenvalue weighted by molar-refractivity contribution is 0.0702. The van der Waals surface area contributed by atoms with Crippen LogP contribution in [0.4, 0.5) is 5.69 Å². The third kappa shape index (κ3) is 4.57. The van der Waals surface area contributed by atoms with E-state index in [0.717, 1.165) is 34.0 Å². The maximum atomic E-state index is 12.8. The number of rotatable bonds is 5. The summed E-state index contributed by atoms with van der Waals surface area (Å²) in [7, 11) is 0. The van der Waals surface area contributed by atoms with E-state index in [4.69, 9.17) is 4.52 Å². The first-order chi connectivity index (χ1) is 16.1. The lowest BCUT2D eigenvalue weighted by Gasteiger charge is -2.30. The van der Waals surface area contributed by atoms with E-state index in [2.05, 4.69) is 20.7 Å². The summed E-state index contributed by atoms with van der Waals surface area (Å²) >= 11 is 2.86. The minimum Gasteiger partial charge on any atom is -0.355 e. The summed E-state index contributed by atoms with van der Waals surface area (Å²) in [5.41, 5.74) is 2.08. The van der Waals surface area contributed by atoms with Gasteiger partial charge in [0.15, 0.2) is 11.5 Å². The van der Waals surface area contributed by atoms with Gasteiger partial charge in [0.1, 0.15) is 5.01 Å². The van der Waals surface area contributed by atoms with Gasteiger partial charge in [-0.2, -0.15) is 0 Å². The molecule has 4 aromatic rings. The summed E-state index contributed by atoms with van der Waals surface area (Å²) in [6.07, 6.45) is 1.52. The van der Waals surface area contributed by atoms with Crippen LogP contribution in [0.25, 0.3) is 10.6 Å². The van der Waals surface area contributed by atoms with Gasteiger partial charge < -0.3 is 14.7 Å². The fourth-order valence-electron chi connectivity index (χ4n) is 3.78. The van der Waals surface area contributed by atoms with Crippen LogP contribution in [0.1, 0.15) is 49.6 Å². The van der Waals surface area contributed by atoms with Crippen LogP contribution in [-0.2, 0) is 0 Å². The number of para-hydroxylation sites is 1. The maximum Gasteiger partial charge on any atom is 0.286 e. The Labute approximate surface area is 198 Å². The van der Waals surface area contributed by atoms with Gasteiger partial charge >= 0.3 is 0 Å². The van der Waals surface area contributed by atoms with Crippen molar-refractivity contribution in [1.82, 2.24) is 20.3 Å². The average molecular weight is 480 g/mol. The highest BCUT2D eigenvalue weighted by Crippen LogP contribution is 2.31. The molecule has 8 nitrogen and oxygen atoms in total. The van der Waals surface area contributed by atoms with Crippen molar-refractivity contribution in [2.75, 3.05) is 18.4 Å². The highest BCUT2D eigenvalue weighted by Gasteiger charge is 2.29. The number of thiophene rings is 1. The number of aryl methyl sites for hydroxylation is 1. The van der Waals surface area contributed by atoms with Crippen LogP contribution in [0.5, 0.6) is 0 Å². The maximum absolute atomic E-state index is 12.8. The number of nitrogens with one attached hydrogen (secondary N) is 1. The summed E-state index contributed by atoms with van der Waals surface area (Å²) < 4.78 is 5.34. The zero-order valence-electron chi connectivity index (χ0n) is 17.9. The molecular weight excluding hydrogens is 458 g/mol. The Morgan fingerprint density at radius 2 is 1.94 bits per heavy atom. The normalized spacial score (nSPS) is 14.4. The van der Waals surface area contributed by atoms with Crippen LogP contribution in [0.2, 0.25) is 0 Å². The smallest absolute Gasteiger partial charge is 0.286 e. The van der Waals surface area contributed by atoms with E-state index in [9.17, 15) is 9.59 Å². The number of likely N-dealkylation sites (tertiary alicyclic amines) is 1. The van der Waals surface area contributed by atoms with Crippen molar-refractivity contribution in [3.8, 4) is 10.6 Å². The molecule has 10 heteroatoms. The minimum absolute atomic E-state index is 0.129. The number of hydrogen-bond donors (Lipinski definition) is 1. The molecule has 1 fully saturated rings. The molecular formula is C23H21N5O3S2. The molecule has 0 spiro atoms. The van der Waals surface area contributed by atoms with Crippen LogP contribution < -0.4 is 5.32 Å². The molecule has 1 aromatic carbocycles. The number of amides is 2. The van der Waals surface area contributed by atoms with Gasteiger partial charge in [-0.25, -0.2) is 0 Å². The Morgan fingerprint density at radius 1 is 1.12 bits per heavy atom. The molecule has 0 radical (unpaired) electrons. The predicted molar refractivity (Wildman–Crippen MR) is 127 cm³/mol. The highest BCUT2D eigenvalue weighted by atomic mass is 32.1. The second-order valence-corrected chi connectivity index (χ2v) is 9.79. The molecule has 2 amide bonds. The first-order valence-electron chi connectivity index (χ1n) is 10.6. The third-order valence-electron chi connectivity index (χ3n) is 5.65. The van der Waals surface area contributed by atoms with Crippen molar-refractivity contribution in [2.45, 2.75) is 25.7 Å². The topological polar surface area (TPSA) is 101 Å². The van der Waals surface area contributed by atoms with Gasteiger partial charge in [0.25, 0.3) is 11.8 Å². The van der Waals surface area contributed by atoms with E-state index in [1.54, 1.807) is 22.3 Å². The molecule has 0 saturated carbocycles. The van der Waals surface area contributed by atoms with Gasteiger partial charge in [0, 0.05) is 30.8 Å². The Hall–Kier alpha value is -3.37. The quantitative estimate of drug-likeness (QED) is 0.440. The molecule has 4 heterocycles. The van der Waals surface area contributed by atoms with Crippen LogP contribution in [0.15, 0.2) is 52.4 Å². The molecule has 1 saturated heterocycles. The predicted octanol–water partition coefficient (Wildman–Crippen LogP) is 4.84. The molecule has 0 bridgehead atoms. The highest BCUT2D eigenvalue weighted by molar-refractivity contribution is 7.13. The molecule has 3 aromatic heterocycles. The lowest BCUT2D eigenvalue weighted by atomic mass is 9.97. The summed E-state index contributed by atoms with van der Waals surface area (Å²) in [5.74, 6) is 0.392. The fraction of sp³-hybridized carbons (Fsp3) is 0.261. The van der Waals surface area contributed by atoms with Gasteiger partial charge in [-0.05, 0) is 42.8 Å². The Bertz CT molecular complexity index is 1270. The Morgan fingerprint density at radius 3 is 2.70 bits per heavy atom. The first kappa shape index (κ1) is 21.5. The molecule has 1 aliphatic rings. The van der Waals surface area contributed by atoms with Crippen molar-refractivity contribution in [3.63, 3.8) is 0 Å². The molecule has 33 heavy (non-hydrogen) atoms. The number of benzene rings is 1. The Balaban J connectivity index is 1.18. The van der Waals surface area contributed by atoms with Crippen molar-refractivity contribution >= 4 is 40.2 Å².